The van der Waals surface area contributed by atoms with Gasteiger partial charge in [0, 0.05) is 0 Å². The van der Waals surface area contributed by atoms with Crippen LogP contribution in [0.5, 0.6) is 11.5 Å². The summed E-state index contributed by atoms with van der Waals surface area (Å²) < 4.78 is 5.76. The van der Waals surface area contributed by atoms with Crippen molar-refractivity contribution in [2.24, 2.45) is 0 Å². The van der Waals surface area contributed by atoms with Gasteiger partial charge in [-0.3, -0.25) is 9.59 Å². The van der Waals surface area contributed by atoms with Gasteiger partial charge in [-0.25, -0.2) is 4.90 Å². The SMILES string of the molecule is Cc1ccc(C2=C(Cl)C(=O)N(c3ccc(Oc4ccccc4)cc3)C2=O)c(C)c1. The third kappa shape index (κ3) is 3.55. The standard InChI is InChI=1S/C24H18ClNO3/c1-15-8-13-20(16(2)14-15)21-22(25)24(28)26(23(21)27)17-9-11-19(12-10-17)29-18-6-4-3-5-7-18/h3-14H,1-2H3. The highest BCUT2D eigenvalue weighted by molar-refractivity contribution is 6.60. The number of carbonyl (C=O) groups excluding carboxylic acids is 2. The van der Waals surface area contributed by atoms with Crippen LogP contribution in [0, 0.1) is 13.8 Å². The third-order valence-corrected chi connectivity index (χ3v) is 5.10. The molecule has 2 amide bonds. The van der Waals surface area contributed by atoms with E-state index in [2.05, 4.69) is 0 Å². The van der Waals surface area contributed by atoms with Crippen LogP contribution in [0.3, 0.4) is 0 Å². The molecule has 4 nitrogen and oxygen atoms in total. The molecule has 0 aromatic heterocycles. The van der Waals surface area contributed by atoms with Crippen molar-refractivity contribution in [2.45, 2.75) is 13.8 Å². The Bertz CT molecular complexity index is 1130. The number of para-hydroxylation sites is 1. The fraction of sp³-hybridized carbons (Fsp3) is 0.0833. The van der Waals surface area contributed by atoms with Crippen LogP contribution in [0.15, 0.2) is 77.8 Å². The number of hydrogen-bond donors (Lipinski definition) is 0. The highest BCUT2D eigenvalue weighted by Gasteiger charge is 2.39. The zero-order valence-electron chi connectivity index (χ0n) is 16.0. The molecule has 29 heavy (non-hydrogen) atoms. The minimum atomic E-state index is -0.525. The van der Waals surface area contributed by atoms with Crippen LogP contribution in [-0.4, -0.2) is 11.8 Å². The quantitative estimate of drug-likeness (QED) is 0.531. The van der Waals surface area contributed by atoms with Crippen LogP contribution in [0.1, 0.15) is 16.7 Å². The van der Waals surface area contributed by atoms with Gasteiger partial charge >= 0.3 is 0 Å². The van der Waals surface area contributed by atoms with Crippen LogP contribution >= 0.6 is 11.6 Å². The average molecular weight is 404 g/mol. The maximum Gasteiger partial charge on any atom is 0.277 e. The first-order valence-electron chi connectivity index (χ1n) is 9.15. The lowest BCUT2D eigenvalue weighted by atomic mass is 9.99. The second-order valence-electron chi connectivity index (χ2n) is 6.86. The molecule has 0 aliphatic carbocycles. The molecular weight excluding hydrogens is 386 g/mol. The van der Waals surface area contributed by atoms with Crippen molar-refractivity contribution in [3.63, 3.8) is 0 Å². The summed E-state index contributed by atoms with van der Waals surface area (Å²) in [5.41, 5.74) is 3.32. The first kappa shape index (κ1) is 19.0. The van der Waals surface area contributed by atoms with Gasteiger partial charge in [-0.1, -0.05) is 53.6 Å². The Hall–Kier alpha value is -3.37. The number of aryl methyl sites for hydroxylation is 2. The molecule has 4 rings (SSSR count). The number of nitrogens with zero attached hydrogens (tertiary/aromatic N) is 1. The fourth-order valence-electron chi connectivity index (χ4n) is 3.35. The molecular formula is C24H18ClNO3. The molecule has 0 saturated heterocycles. The molecule has 5 heteroatoms. The number of anilines is 1. The van der Waals surface area contributed by atoms with E-state index in [1.807, 2.05) is 62.4 Å². The zero-order valence-corrected chi connectivity index (χ0v) is 16.7. The number of rotatable bonds is 4. The van der Waals surface area contributed by atoms with Gasteiger partial charge in [0.15, 0.2) is 0 Å². The lowest BCUT2D eigenvalue weighted by Gasteiger charge is -2.16. The molecule has 144 valence electrons. The van der Waals surface area contributed by atoms with Crippen LogP contribution in [0.2, 0.25) is 0 Å². The number of carbonyl (C=O) groups is 2. The van der Waals surface area contributed by atoms with Crippen LogP contribution < -0.4 is 9.64 Å². The number of hydrogen-bond acceptors (Lipinski definition) is 3. The summed E-state index contributed by atoms with van der Waals surface area (Å²) in [5.74, 6) is 0.357. The van der Waals surface area contributed by atoms with Crippen molar-refractivity contribution in [2.75, 3.05) is 4.90 Å². The molecule has 3 aromatic carbocycles. The van der Waals surface area contributed by atoms with Gasteiger partial charge in [0.25, 0.3) is 11.8 Å². The van der Waals surface area contributed by atoms with Crippen molar-refractivity contribution in [3.05, 3.63) is 94.5 Å². The Morgan fingerprint density at radius 1 is 0.793 bits per heavy atom. The average Bonchev–Trinajstić information content (AvgIpc) is 2.93. The Labute approximate surface area is 174 Å². The fourth-order valence-corrected chi connectivity index (χ4v) is 3.62. The molecule has 1 aliphatic rings. The summed E-state index contributed by atoms with van der Waals surface area (Å²) in [5, 5.41) is -0.0634. The summed E-state index contributed by atoms with van der Waals surface area (Å²) in [4.78, 5) is 26.9. The lowest BCUT2D eigenvalue weighted by Crippen LogP contribution is -2.31. The Morgan fingerprint density at radius 3 is 2.10 bits per heavy atom. The van der Waals surface area contributed by atoms with Crippen molar-refractivity contribution in [1.82, 2.24) is 0 Å². The third-order valence-electron chi connectivity index (χ3n) is 4.75. The van der Waals surface area contributed by atoms with Gasteiger partial charge < -0.3 is 4.74 Å². The molecule has 0 unspecified atom stereocenters. The van der Waals surface area contributed by atoms with Crippen LogP contribution in [-0.2, 0) is 9.59 Å². The summed E-state index contributed by atoms with van der Waals surface area (Å²) in [6.45, 7) is 3.87. The van der Waals surface area contributed by atoms with Crippen molar-refractivity contribution >= 4 is 34.7 Å². The Balaban J connectivity index is 1.62. The minimum absolute atomic E-state index is 0.0634. The summed E-state index contributed by atoms with van der Waals surface area (Å²) in [7, 11) is 0. The predicted octanol–water partition coefficient (Wildman–Crippen LogP) is 5.62. The van der Waals surface area contributed by atoms with E-state index in [0.29, 0.717) is 22.7 Å². The van der Waals surface area contributed by atoms with E-state index in [4.69, 9.17) is 16.3 Å². The van der Waals surface area contributed by atoms with Crippen LogP contribution in [0.25, 0.3) is 5.57 Å². The van der Waals surface area contributed by atoms with Crippen LogP contribution in [0.4, 0.5) is 5.69 Å². The van der Waals surface area contributed by atoms with E-state index in [-0.39, 0.29) is 10.6 Å². The molecule has 0 fully saturated rings. The van der Waals surface area contributed by atoms with E-state index < -0.39 is 11.8 Å². The van der Waals surface area contributed by atoms with Crippen molar-refractivity contribution in [3.8, 4) is 11.5 Å². The van der Waals surface area contributed by atoms with Gasteiger partial charge in [0.2, 0.25) is 0 Å². The molecule has 0 spiro atoms. The summed E-state index contributed by atoms with van der Waals surface area (Å²) in [6.07, 6.45) is 0. The molecule has 0 bridgehead atoms. The highest BCUT2D eigenvalue weighted by atomic mass is 35.5. The molecule has 3 aromatic rings. The topological polar surface area (TPSA) is 46.6 Å². The first-order chi connectivity index (χ1) is 14.0. The lowest BCUT2D eigenvalue weighted by molar-refractivity contribution is -0.119. The number of ether oxygens (including phenoxy) is 1. The molecule has 0 atom stereocenters. The minimum Gasteiger partial charge on any atom is -0.457 e. The van der Waals surface area contributed by atoms with Gasteiger partial charge in [-0.2, -0.15) is 0 Å². The van der Waals surface area contributed by atoms with Gasteiger partial charge in [0.1, 0.15) is 16.5 Å². The molecule has 0 radical (unpaired) electrons. The number of imide groups is 1. The van der Waals surface area contributed by atoms with E-state index in [1.165, 1.54) is 0 Å². The smallest absolute Gasteiger partial charge is 0.277 e. The van der Waals surface area contributed by atoms with E-state index in [0.717, 1.165) is 16.0 Å². The van der Waals surface area contributed by atoms with Crippen molar-refractivity contribution < 1.29 is 14.3 Å². The van der Waals surface area contributed by atoms with Gasteiger partial charge in [0.05, 0.1) is 11.3 Å². The monoisotopic (exact) mass is 403 g/mol. The van der Waals surface area contributed by atoms with E-state index >= 15 is 0 Å². The van der Waals surface area contributed by atoms with Gasteiger partial charge in [-0.15, -0.1) is 0 Å². The number of benzene rings is 3. The maximum absolute atomic E-state index is 13.1. The van der Waals surface area contributed by atoms with E-state index in [9.17, 15) is 9.59 Å². The molecule has 1 heterocycles. The Morgan fingerprint density at radius 2 is 1.45 bits per heavy atom. The number of amides is 2. The first-order valence-corrected chi connectivity index (χ1v) is 9.52. The molecule has 0 saturated carbocycles. The number of halogens is 1. The van der Waals surface area contributed by atoms with Crippen molar-refractivity contribution in [1.29, 1.82) is 0 Å². The largest absolute Gasteiger partial charge is 0.457 e. The molecule has 0 N–H and O–H groups in total. The second kappa shape index (κ2) is 7.57. The summed E-state index contributed by atoms with van der Waals surface area (Å²) >= 11 is 6.30. The van der Waals surface area contributed by atoms with E-state index in [1.54, 1.807) is 24.3 Å². The zero-order chi connectivity index (χ0) is 20.5. The Kier molecular flexibility index (Phi) is 4.95. The normalized spacial score (nSPS) is 14.0. The highest BCUT2D eigenvalue weighted by Crippen LogP contribution is 2.37. The summed E-state index contributed by atoms with van der Waals surface area (Å²) in [6, 6.07) is 21.8. The molecule has 1 aliphatic heterocycles. The predicted molar refractivity (Wildman–Crippen MR) is 114 cm³/mol. The second-order valence-corrected chi connectivity index (χ2v) is 7.24. The van der Waals surface area contributed by atoms with Gasteiger partial charge in [-0.05, 0) is 61.4 Å². The maximum atomic E-state index is 13.1.